The van der Waals surface area contributed by atoms with E-state index in [0.717, 1.165) is 26.1 Å². The lowest BCUT2D eigenvalue weighted by Crippen LogP contribution is -2.44. The van der Waals surface area contributed by atoms with Crippen molar-refractivity contribution in [3.8, 4) is 5.75 Å². The molecule has 1 aliphatic heterocycles. The monoisotopic (exact) mass is 354 g/mol. The van der Waals surface area contributed by atoms with Crippen LogP contribution in [0.2, 0.25) is 0 Å². The van der Waals surface area contributed by atoms with Gasteiger partial charge in [-0.25, -0.2) is 0 Å². The van der Waals surface area contributed by atoms with Crippen molar-refractivity contribution >= 4 is 21.8 Å². The molecule has 1 aliphatic rings. The number of halogens is 1. The van der Waals surface area contributed by atoms with Gasteiger partial charge in [0.1, 0.15) is 5.75 Å². The number of hydrogen-bond donors (Lipinski definition) is 2. The lowest BCUT2D eigenvalue weighted by atomic mass is 9.98. The Hall–Kier alpha value is -1.07. The molecule has 5 heteroatoms. The zero-order valence-electron chi connectivity index (χ0n) is 12.6. The third-order valence-corrected chi connectivity index (χ3v) is 4.60. The van der Waals surface area contributed by atoms with Crippen molar-refractivity contribution < 1.29 is 9.90 Å². The number of piperidine rings is 1. The van der Waals surface area contributed by atoms with Crippen molar-refractivity contribution in [2.75, 3.05) is 19.6 Å². The van der Waals surface area contributed by atoms with Crippen LogP contribution in [0.15, 0.2) is 22.7 Å². The van der Waals surface area contributed by atoms with Gasteiger partial charge in [0.05, 0.1) is 4.47 Å². The summed E-state index contributed by atoms with van der Waals surface area (Å²) < 4.78 is 0.603. The molecule has 0 radical (unpaired) electrons. The van der Waals surface area contributed by atoms with Gasteiger partial charge in [0.2, 0.25) is 0 Å². The van der Waals surface area contributed by atoms with E-state index in [-0.39, 0.29) is 17.7 Å². The molecule has 2 rings (SSSR count). The number of hydrogen-bond acceptors (Lipinski definition) is 3. The number of nitrogens with one attached hydrogen (secondary N) is 1. The minimum absolute atomic E-state index is 0.0154. The molecule has 0 aliphatic carbocycles. The molecule has 21 heavy (non-hydrogen) atoms. The van der Waals surface area contributed by atoms with E-state index in [9.17, 15) is 9.90 Å². The number of aromatic hydroxyl groups is 1. The van der Waals surface area contributed by atoms with Crippen LogP contribution in [0.1, 0.15) is 37.0 Å². The number of rotatable bonds is 4. The fourth-order valence-electron chi connectivity index (χ4n) is 2.70. The van der Waals surface area contributed by atoms with Gasteiger partial charge in [-0.2, -0.15) is 0 Å². The molecule has 4 nitrogen and oxygen atoms in total. The van der Waals surface area contributed by atoms with E-state index in [1.165, 1.54) is 12.5 Å². The molecule has 0 saturated carbocycles. The number of phenolic OH excluding ortho intramolecular Hbond substituents is 1. The Morgan fingerprint density at radius 2 is 2.29 bits per heavy atom. The molecule has 1 fully saturated rings. The summed E-state index contributed by atoms with van der Waals surface area (Å²) in [6.07, 6.45) is 2.33. The third kappa shape index (κ3) is 4.20. The maximum absolute atomic E-state index is 12.7. The summed E-state index contributed by atoms with van der Waals surface area (Å²) in [5.41, 5.74) is 0.535. The predicted molar refractivity (Wildman–Crippen MR) is 87.6 cm³/mol. The second-order valence-corrected chi connectivity index (χ2v) is 6.78. The summed E-state index contributed by atoms with van der Waals surface area (Å²) in [7, 11) is 0. The number of carbonyl (C=O) groups is 1. The van der Waals surface area contributed by atoms with E-state index < -0.39 is 0 Å². The quantitative estimate of drug-likeness (QED) is 0.873. The Balaban J connectivity index is 2.12. The van der Waals surface area contributed by atoms with Gasteiger partial charge in [-0.15, -0.1) is 0 Å². The molecule has 1 atom stereocenters. The number of phenols is 1. The highest BCUT2D eigenvalue weighted by Gasteiger charge is 2.24. The zero-order chi connectivity index (χ0) is 15.4. The first kappa shape index (κ1) is 16.3. The number of nitrogens with zero attached hydrogens (tertiary/aromatic N) is 1. The molecular weight excluding hydrogens is 332 g/mol. The Labute approximate surface area is 134 Å². The largest absolute Gasteiger partial charge is 0.507 e. The Morgan fingerprint density at radius 3 is 2.86 bits per heavy atom. The molecule has 1 unspecified atom stereocenters. The SMILES string of the molecule is CC(C)N(CC1CCCNC1)C(=O)c1ccc(Br)c(O)c1. The van der Waals surface area contributed by atoms with Crippen LogP contribution in [0.25, 0.3) is 0 Å². The summed E-state index contributed by atoms with van der Waals surface area (Å²) in [6.45, 7) is 6.88. The highest BCUT2D eigenvalue weighted by molar-refractivity contribution is 9.10. The van der Waals surface area contributed by atoms with E-state index in [2.05, 4.69) is 21.2 Å². The van der Waals surface area contributed by atoms with Crippen LogP contribution in [0, 0.1) is 5.92 Å². The lowest BCUT2D eigenvalue weighted by molar-refractivity contribution is 0.0660. The van der Waals surface area contributed by atoms with Crippen molar-refractivity contribution in [3.05, 3.63) is 28.2 Å². The average molecular weight is 355 g/mol. The summed E-state index contributed by atoms with van der Waals surface area (Å²) in [6, 6.07) is 5.13. The van der Waals surface area contributed by atoms with Crippen LogP contribution in [0.4, 0.5) is 0 Å². The topological polar surface area (TPSA) is 52.6 Å². The third-order valence-electron chi connectivity index (χ3n) is 3.93. The summed E-state index contributed by atoms with van der Waals surface area (Å²) in [4.78, 5) is 14.6. The second kappa shape index (κ2) is 7.27. The van der Waals surface area contributed by atoms with Crippen molar-refractivity contribution in [3.63, 3.8) is 0 Å². The number of amides is 1. The highest BCUT2D eigenvalue weighted by atomic mass is 79.9. The second-order valence-electron chi connectivity index (χ2n) is 5.93. The maximum atomic E-state index is 12.7. The van der Waals surface area contributed by atoms with Gasteiger partial charge in [0.15, 0.2) is 0 Å². The molecule has 1 heterocycles. The van der Waals surface area contributed by atoms with Gasteiger partial charge in [-0.1, -0.05) is 0 Å². The van der Waals surface area contributed by atoms with Crippen LogP contribution >= 0.6 is 15.9 Å². The summed E-state index contributed by atoms with van der Waals surface area (Å²) in [5, 5.41) is 13.2. The van der Waals surface area contributed by atoms with E-state index >= 15 is 0 Å². The molecular formula is C16H23BrN2O2. The Bertz CT molecular complexity index is 499. The Morgan fingerprint density at radius 1 is 1.52 bits per heavy atom. The Kier molecular flexibility index (Phi) is 5.65. The van der Waals surface area contributed by atoms with Gasteiger partial charge in [-0.05, 0) is 79.8 Å². The molecule has 0 aromatic heterocycles. The average Bonchev–Trinajstić information content (AvgIpc) is 2.47. The molecule has 1 aromatic carbocycles. The van der Waals surface area contributed by atoms with Gasteiger partial charge in [-0.3, -0.25) is 4.79 Å². The number of benzene rings is 1. The van der Waals surface area contributed by atoms with Gasteiger partial charge >= 0.3 is 0 Å². The molecule has 1 aromatic rings. The van der Waals surface area contributed by atoms with Gasteiger partial charge < -0.3 is 15.3 Å². The first-order chi connectivity index (χ1) is 9.99. The van der Waals surface area contributed by atoms with E-state index in [4.69, 9.17) is 0 Å². The molecule has 0 spiro atoms. The molecule has 1 saturated heterocycles. The van der Waals surface area contributed by atoms with Crippen LogP contribution in [0.3, 0.4) is 0 Å². The first-order valence-corrected chi connectivity index (χ1v) is 8.28. The van der Waals surface area contributed by atoms with Gasteiger partial charge in [0.25, 0.3) is 5.91 Å². The fourth-order valence-corrected chi connectivity index (χ4v) is 2.94. The summed E-state index contributed by atoms with van der Waals surface area (Å²) >= 11 is 3.24. The van der Waals surface area contributed by atoms with E-state index in [0.29, 0.717) is 16.0 Å². The lowest BCUT2D eigenvalue weighted by Gasteiger charge is -2.33. The molecule has 116 valence electrons. The molecule has 2 N–H and O–H groups in total. The van der Waals surface area contributed by atoms with Crippen molar-refractivity contribution in [1.82, 2.24) is 10.2 Å². The zero-order valence-corrected chi connectivity index (χ0v) is 14.2. The smallest absolute Gasteiger partial charge is 0.254 e. The molecule has 1 amide bonds. The van der Waals surface area contributed by atoms with Crippen molar-refractivity contribution in [1.29, 1.82) is 0 Å². The number of carbonyl (C=O) groups excluding carboxylic acids is 1. The van der Waals surface area contributed by atoms with Gasteiger partial charge in [0, 0.05) is 18.2 Å². The van der Waals surface area contributed by atoms with Crippen molar-refractivity contribution in [2.24, 2.45) is 5.92 Å². The highest BCUT2D eigenvalue weighted by Crippen LogP contribution is 2.25. The van der Waals surface area contributed by atoms with Crippen LogP contribution in [-0.4, -0.2) is 41.6 Å². The molecule has 0 bridgehead atoms. The minimum atomic E-state index is -0.0154. The first-order valence-electron chi connectivity index (χ1n) is 7.49. The van der Waals surface area contributed by atoms with Crippen LogP contribution in [0.5, 0.6) is 5.75 Å². The normalized spacial score (nSPS) is 18.8. The standard InChI is InChI=1S/C16H23BrN2O2/c1-11(2)19(10-12-4-3-7-18-9-12)16(21)13-5-6-14(17)15(20)8-13/h5-6,8,11-12,18,20H,3-4,7,9-10H2,1-2H3. The minimum Gasteiger partial charge on any atom is -0.507 e. The van der Waals surface area contributed by atoms with Crippen LogP contribution < -0.4 is 5.32 Å². The predicted octanol–water partition coefficient (Wildman–Crippen LogP) is 3.00. The van der Waals surface area contributed by atoms with E-state index in [1.54, 1.807) is 12.1 Å². The van der Waals surface area contributed by atoms with Crippen LogP contribution in [-0.2, 0) is 0 Å². The van der Waals surface area contributed by atoms with E-state index in [1.807, 2.05) is 18.7 Å². The maximum Gasteiger partial charge on any atom is 0.254 e. The summed E-state index contributed by atoms with van der Waals surface area (Å²) in [5.74, 6) is 0.594. The fraction of sp³-hybridized carbons (Fsp3) is 0.562. The van der Waals surface area contributed by atoms with Crippen molar-refractivity contribution in [2.45, 2.75) is 32.7 Å².